The molecule has 4 rings (SSSR count). The zero-order valence-corrected chi connectivity index (χ0v) is 17.3. The summed E-state index contributed by atoms with van der Waals surface area (Å²) in [5, 5.41) is 0. The average molecular weight is 387 g/mol. The lowest BCUT2D eigenvalue weighted by atomic mass is 10.1. The largest absolute Gasteiger partial charge is 0.493 e. The van der Waals surface area contributed by atoms with Crippen molar-refractivity contribution in [1.29, 1.82) is 0 Å². The number of hydrogen-bond donors (Lipinski definition) is 0. The first-order chi connectivity index (χ1) is 14.3. The predicted molar refractivity (Wildman–Crippen MR) is 121 cm³/mol. The van der Waals surface area contributed by atoms with Gasteiger partial charge in [-0.25, -0.2) is 0 Å². The fraction of sp³-hybridized carbons (Fsp3) is 0.308. The van der Waals surface area contributed by atoms with Crippen LogP contribution in [0.5, 0.6) is 5.75 Å². The molecule has 1 heterocycles. The van der Waals surface area contributed by atoms with Crippen LogP contribution >= 0.6 is 0 Å². The summed E-state index contributed by atoms with van der Waals surface area (Å²) in [7, 11) is 0. The van der Waals surface area contributed by atoms with E-state index < -0.39 is 0 Å². The third kappa shape index (κ3) is 5.61. The van der Waals surface area contributed by atoms with Crippen LogP contribution in [0.25, 0.3) is 0 Å². The Morgan fingerprint density at radius 1 is 0.724 bits per heavy atom. The number of rotatable bonds is 7. The second kappa shape index (κ2) is 9.62. The van der Waals surface area contributed by atoms with Crippen LogP contribution in [0.1, 0.15) is 16.7 Å². The van der Waals surface area contributed by atoms with E-state index in [1.807, 2.05) is 12.1 Å². The van der Waals surface area contributed by atoms with Gasteiger partial charge in [-0.1, -0.05) is 60.2 Å². The monoisotopic (exact) mass is 386 g/mol. The molecule has 1 aliphatic rings. The number of benzene rings is 3. The highest BCUT2D eigenvalue weighted by molar-refractivity contribution is 5.46. The Labute approximate surface area is 174 Å². The Hall–Kier alpha value is -2.78. The van der Waals surface area contributed by atoms with Crippen LogP contribution in [-0.2, 0) is 13.0 Å². The quantitative estimate of drug-likeness (QED) is 0.572. The third-order valence-corrected chi connectivity index (χ3v) is 5.60. The fourth-order valence-corrected chi connectivity index (χ4v) is 3.79. The molecule has 1 fully saturated rings. The fourth-order valence-electron chi connectivity index (χ4n) is 3.79. The molecule has 3 nitrogen and oxygen atoms in total. The highest BCUT2D eigenvalue weighted by Gasteiger charge is 2.17. The summed E-state index contributed by atoms with van der Waals surface area (Å²) >= 11 is 0. The first-order valence-corrected chi connectivity index (χ1v) is 10.6. The van der Waals surface area contributed by atoms with Gasteiger partial charge in [0.15, 0.2) is 0 Å². The van der Waals surface area contributed by atoms with E-state index in [4.69, 9.17) is 4.74 Å². The summed E-state index contributed by atoms with van der Waals surface area (Å²) in [6.45, 7) is 8.25. The van der Waals surface area contributed by atoms with Crippen LogP contribution in [-0.4, -0.2) is 37.7 Å². The van der Waals surface area contributed by atoms with Gasteiger partial charge in [-0.15, -0.1) is 0 Å². The maximum absolute atomic E-state index is 5.85. The molecule has 1 saturated heterocycles. The molecular formula is C26H30N2O. The van der Waals surface area contributed by atoms with Gasteiger partial charge in [-0.05, 0) is 42.3 Å². The minimum Gasteiger partial charge on any atom is -0.493 e. The lowest BCUT2D eigenvalue weighted by Gasteiger charge is -2.36. The van der Waals surface area contributed by atoms with Gasteiger partial charge in [0.1, 0.15) is 5.75 Å². The van der Waals surface area contributed by atoms with E-state index in [1.54, 1.807) is 0 Å². The topological polar surface area (TPSA) is 15.7 Å². The molecule has 3 aromatic carbocycles. The van der Waals surface area contributed by atoms with Crippen LogP contribution in [0.2, 0.25) is 0 Å². The van der Waals surface area contributed by atoms with Gasteiger partial charge < -0.3 is 9.64 Å². The molecule has 3 aromatic rings. The molecular weight excluding hydrogens is 356 g/mol. The van der Waals surface area contributed by atoms with Gasteiger partial charge in [-0.3, -0.25) is 4.90 Å². The second-order valence-corrected chi connectivity index (χ2v) is 7.83. The summed E-state index contributed by atoms with van der Waals surface area (Å²) in [6.07, 6.45) is 0.934. The van der Waals surface area contributed by atoms with E-state index >= 15 is 0 Å². The molecule has 0 saturated carbocycles. The van der Waals surface area contributed by atoms with E-state index in [0.29, 0.717) is 6.61 Å². The molecule has 1 aliphatic heterocycles. The van der Waals surface area contributed by atoms with Crippen molar-refractivity contribution in [3.05, 3.63) is 95.6 Å². The van der Waals surface area contributed by atoms with Crippen LogP contribution in [0, 0.1) is 6.92 Å². The molecule has 0 atom stereocenters. The zero-order chi connectivity index (χ0) is 19.9. The number of ether oxygens (including phenoxy) is 1. The van der Waals surface area contributed by atoms with Crippen LogP contribution in [0.15, 0.2) is 78.9 Å². The van der Waals surface area contributed by atoms with E-state index in [2.05, 4.69) is 83.5 Å². The standard InChI is InChI=1S/C26H30N2O/c1-22-7-13-26(14-8-22)29-20-15-23-9-11-24(12-10-23)21-27-16-18-28(19-17-27)25-5-3-2-4-6-25/h2-14H,15-21H2,1H3. The van der Waals surface area contributed by atoms with Crippen molar-refractivity contribution in [2.75, 3.05) is 37.7 Å². The Balaban J connectivity index is 1.21. The molecule has 0 spiro atoms. The highest BCUT2D eigenvalue weighted by atomic mass is 16.5. The Bertz CT molecular complexity index is 867. The van der Waals surface area contributed by atoms with E-state index in [1.165, 1.54) is 22.4 Å². The molecule has 0 aromatic heterocycles. The lowest BCUT2D eigenvalue weighted by Crippen LogP contribution is -2.45. The first-order valence-electron chi connectivity index (χ1n) is 10.6. The number of hydrogen-bond acceptors (Lipinski definition) is 3. The van der Waals surface area contributed by atoms with Gasteiger partial charge in [0.05, 0.1) is 6.61 Å². The van der Waals surface area contributed by atoms with Gasteiger partial charge in [0, 0.05) is 44.8 Å². The van der Waals surface area contributed by atoms with Gasteiger partial charge in [0.25, 0.3) is 0 Å². The van der Waals surface area contributed by atoms with Crippen LogP contribution < -0.4 is 9.64 Å². The molecule has 0 radical (unpaired) electrons. The van der Waals surface area contributed by atoms with Crippen molar-refractivity contribution < 1.29 is 4.74 Å². The number of piperazine rings is 1. The van der Waals surface area contributed by atoms with Crippen molar-refractivity contribution in [3.63, 3.8) is 0 Å². The minimum absolute atomic E-state index is 0.712. The molecule has 0 N–H and O–H groups in total. The summed E-state index contributed by atoms with van der Waals surface area (Å²) < 4.78 is 5.85. The number of anilines is 1. The van der Waals surface area contributed by atoms with Crippen molar-refractivity contribution >= 4 is 5.69 Å². The normalized spacial score (nSPS) is 14.7. The molecule has 150 valence electrons. The van der Waals surface area contributed by atoms with Crippen molar-refractivity contribution in [2.24, 2.45) is 0 Å². The summed E-state index contributed by atoms with van der Waals surface area (Å²) in [4.78, 5) is 5.03. The molecule has 0 aliphatic carbocycles. The highest BCUT2D eigenvalue weighted by Crippen LogP contribution is 2.17. The Morgan fingerprint density at radius 2 is 1.38 bits per heavy atom. The molecule has 0 amide bonds. The van der Waals surface area contributed by atoms with Gasteiger partial charge in [0.2, 0.25) is 0 Å². The number of para-hydroxylation sites is 1. The summed E-state index contributed by atoms with van der Waals surface area (Å²) in [5.41, 5.74) is 5.31. The van der Waals surface area contributed by atoms with Crippen LogP contribution in [0.4, 0.5) is 5.69 Å². The van der Waals surface area contributed by atoms with Crippen molar-refractivity contribution in [1.82, 2.24) is 4.90 Å². The third-order valence-electron chi connectivity index (χ3n) is 5.60. The molecule has 0 unspecified atom stereocenters. The van der Waals surface area contributed by atoms with E-state index in [9.17, 15) is 0 Å². The minimum atomic E-state index is 0.712. The maximum Gasteiger partial charge on any atom is 0.119 e. The predicted octanol–water partition coefficient (Wildman–Crippen LogP) is 4.94. The Kier molecular flexibility index (Phi) is 6.48. The SMILES string of the molecule is Cc1ccc(OCCc2ccc(CN3CCN(c4ccccc4)CC3)cc2)cc1. The van der Waals surface area contributed by atoms with E-state index in [-0.39, 0.29) is 0 Å². The average Bonchev–Trinajstić information content (AvgIpc) is 2.77. The van der Waals surface area contributed by atoms with E-state index in [0.717, 1.165) is 44.9 Å². The molecule has 29 heavy (non-hydrogen) atoms. The Morgan fingerprint density at radius 3 is 2.07 bits per heavy atom. The van der Waals surface area contributed by atoms with Gasteiger partial charge >= 0.3 is 0 Å². The van der Waals surface area contributed by atoms with Crippen LogP contribution in [0.3, 0.4) is 0 Å². The molecule has 3 heteroatoms. The van der Waals surface area contributed by atoms with Crippen molar-refractivity contribution in [3.8, 4) is 5.75 Å². The lowest BCUT2D eigenvalue weighted by molar-refractivity contribution is 0.250. The summed E-state index contributed by atoms with van der Waals surface area (Å²) in [6, 6.07) is 28.0. The number of aryl methyl sites for hydroxylation is 1. The van der Waals surface area contributed by atoms with Gasteiger partial charge in [-0.2, -0.15) is 0 Å². The maximum atomic E-state index is 5.85. The zero-order valence-electron chi connectivity index (χ0n) is 17.3. The van der Waals surface area contributed by atoms with Crippen molar-refractivity contribution in [2.45, 2.75) is 19.9 Å². The first kappa shape index (κ1) is 19.5. The molecule has 0 bridgehead atoms. The smallest absolute Gasteiger partial charge is 0.119 e. The second-order valence-electron chi connectivity index (χ2n) is 7.83. The number of nitrogens with zero attached hydrogens (tertiary/aromatic N) is 2. The summed E-state index contributed by atoms with van der Waals surface area (Å²) in [5.74, 6) is 0.946.